The monoisotopic (exact) mass is 503 g/mol. The minimum absolute atomic E-state index is 0.0189. The summed E-state index contributed by atoms with van der Waals surface area (Å²) in [5, 5.41) is 11.1. The lowest BCUT2D eigenvalue weighted by molar-refractivity contribution is -0.122. The molecule has 0 bridgehead atoms. The number of hydrogen-bond acceptors (Lipinski definition) is 7. The van der Waals surface area contributed by atoms with E-state index in [4.69, 9.17) is 4.74 Å². The average Bonchev–Trinajstić information content (AvgIpc) is 3.39. The molecule has 0 radical (unpaired) electrons. The van der Waals surface area contributed by atoms with Crippen molar-refractivity contribution < 1.29 is 32.3 Å². The molecular weight excluding hydrogens is 483 g/mol. The fourth-order valence-corrected chi connectivity index (χ4v) is 4.14. The number of aryl methyl sites for hydroxylation is 1. The van der Waals surface area contributed by atoms with E-state index in [0.717, 1.165) is 0 Å². The normalized spacial score (nSPS) is 21.3. The van der Waals surface area contributed by atoms with Crippen molar-refractivity contribution in [3.8, 4) is 0 Å². The number of rotatable bonds is 4. The molecule has 4 amide bonds. The van der Waals surface area contributed by atoms with Crippen LogP contribution >= 0.6 is 0 Å². The molecular formula is C22H20F3N7O4. The van der Waals surface area contributed by atoms with Gasteiger partial charge in [-0.1, -0.05) is 6.07 Å². The van der Waals surface area contributed by atoms with Crippen LogP contribution in [0.1, 0.15) is 17.2 Å². The maximum atomic E-state index is 14.9. The van der Waals surface area contributed by atoms with E-state index in [1.807, 2.05) is 0 Å². The third-order valence-electron chi connectivity index (χ3n) is 5.95. The number of urea groups is 1. The van der Waals surface area contributed by atoms with Crippen molar-refractivity contribution in [2.24, 2.45) is 0 Å². The highest BCUT2D eigenvalue weighted by molar-refractivity contribution is 6.00. The summed E-state index contributed by atoms with van der Waals surface area (Å²) in [4.78, 5) is 41.4. The summed E-state index contributed by atoms with van der Waals surface area (Å²) in [6, 6.07) is 4.87. The Morgan fingerprint density at radius 3 is 2.83 bits per heavy atom. The number of carbonyl (C=O) groups is 3. The van der Waals surface area contributed by atoms with Gasteiger partial charge in [0.05, 0.1) is 36.1 Å². The van der Waals surface area contributed by atoms with E-state index in [1.54, 1.807) is 13.0 Å². The molecule has 2 fully saturated rings. The smallest absolute Gasteiger partial charge is 0.412 e. The summed E-state index contributed by atoms with van der Waals surface area (Å²) in [5.41, 5.74) is 1.15. The van der Waals surface area contributed by atoms with Gasteiger partial charge in [-0.3, -0.25) is 15.4 Å². The van der Waals surface area contributed by atoms with Gasteiger partial charge >= 0.3 is 18.0 Å². The first-order valence-electron chi connectivity index (χ1n) is 10.9. The van der Waals surface area contributed by atoms with Crippen LogP contribution in [0.25, 0.3) is 5.65 Å². The quantitative estimate of drug-likeness (QED) is 0.498. The first kappa shape index (κ1) is 23.4. The number of imide groups is 1. The molecule has 1 unspecified atom stereocenters. The predicted octanol–water partition coefficient (Wildman–Crippen LogP) is 2.17. The summed E-state index contributed by atoms with van der Waals surface area (Å²) in [5.74, 6) is -5.59. The summed E-state index contributed by atoms with van der Waals surface area (Å²) in [6.45, 7) is 0.450. The van der Waals surface area contributed by atoms with Gasteiger partial charge in [-0.25, -0.2) is 32.3 Å². The molecule has 1 aromatic carbocycles. The van der Waals surface area contributed by atoms with E-state index >= 15 is 0 Å². The highest BCUT2D eigenvalue weighted by Crippen LogP contribution is 2.36. The summed E-state index contributed by atoms with van der Waals surface area (Å²) < 4.78 is 50.1. The molecule has 14 heteroatoms. The predicted molar refractivity (Wildman–Crippen MR) is 119 cm³/mol. The molecule has 3 N–H and O–H groups in total. The van der Waals surface area contributed by atoms with E-state index in [-0.39, 0.29) is 29.3 Å². The van der Waals surface area contributed by atoms with Crippen molar-refractivity contribution in [3.63, 3.8) is 0 Å². The Morgan fingerprint density at radius 2 is 2.08 bits per heavy atom. The highest BCUT2D eigenvalue weighted by atomic mass is 19.3. The molecule has 5 rings (SSSR count). The number of anilines is 2. The molecule has 188 valence electrons. The van der Waals surface area contributed by atoms with Gasteiger partial charge in [-0.15, -0.1) is 0 Å². The van der Waals surface area contributed by atoms with Gasteiger partial charge in [-0.2, -0.15) is 5.10 Å². The zero-order valence-electron chi connectivity index (χ0n) is 18.8. The van der Waals surface area contributed by atoms with Crippen LogP contribution in [-0.2, 0) is 9.53 Å². The van der Waals surface area contributed by atoms with Crippen LogP contribution in [0.3, 0.4) is 0 Å². The number of imidazole rings is 1. The SMILES string of the molecule is Cc1ccc(NC(=O)O[C@H]2CN(c3cc(C4CNC(=O)NC4=O)nn4ccnc34)CC2(F)F)c(F)c1. The molecule has 0 saturated carbocycles. The molecule has 2 aromatic heterocycles. The second-order valence-corrected chi connectivity index (χ2v) is 8.55. The first-order valence-corrected chi connectivity index (χ1v) is 10.9. The molecule has 2 saturated heterocycles. The van der Waals surface area contributed by atoms with Gasteiger partial charge in [0.1, 0.15) is 5.82 Å². The third-order valence-corrected chi connectivity index (χ3v) is 5.95. The van der Waals surface area contributed by atoms with Crippen LogP contribution < -0.4 is 20.9 Å². The third kappa shape index (κ3) is 4.36. The van der Waals surface area contributed by atoms with Gasteiger partial charge in [0, 0.05) is 18.9 Å². The Morgan fingerprint density at radius 1 is 1.28 bits per heavy atom. The van der Waals surface area contributed by atoms with Crippen LogP contribution in [0, 0.1) is 12.7 Å². The number of amides is 4. The molecule has 2 atom stereocenters. The fourth-order valence-electron chi connectivity index (χ4n) is 4.14. The van der Waals surface area contributed by atoms with Crippen LogP contribution in [-0.4, -0.2) is 64.3 Å². The molecule has 11 nitrogen and oxygen atoms in total. The van der Waals surface area contributed by atoms with Gasteiger partial charge in [0.2, 0.25) is 5.91 Å². The zero-order chi connectivity index (χ0) is 25.6. The number of fused-ring (bicyclic) bond motifs is 1. The van der Waals surface area contributed by atoms with Crippen molar-refractivity contribution >= 4 is 35.1 Å². The maximum Gasteiger partial charge on any atom is 0.412 e. The minimum atomic E-state index is -3.44. The van der Waals surface area contributed by atoms with Crippen molar-refractivity contribution in [2.75, 3.05) is 29.9 Å². The Kier molecular flexibility index (Phi) is 5.65. The van der Waals surface area contributed by atoms with Crippen LogP contribution in [0.4, 0.5) is 34.1 Å². The Hall–Kier alpha value is -4.36. The van der Waals surface area contributed by atoms with Crippen molar-refractivity contribution in [2.45, 2.75) is 24.9 Å². The van der Waals surface area contributed by atoms with E-state index in [1.165, 1.54) is 40.0 Å². The number of aromatic nitrogens is 3. The lowest BCUT2D eigenvalue weighted by Crippen LogP contribution is -2.51. The van der Waals surface area contributed by atoms with E-state index in [0.29, 0.717) is 5.56 Å². The molecule has 0 spiro atoms. The van der Waals surface area contributed by atoms with Gasteiger partial charge in [0.25, 0.3) is 0 Å². The topological polar surface area (TPSA) is 130 Å². The van der Waals surface area contributed by atoms with Gasteiger partial charge in [-0.05, 0) is 30.7 Å². The van der Waals surface area contributed by atoms with Gasteiger partial charge in [0.15, 0.2) is 11.8 Å². The Balaban J connectivity index is 1.38. The lowest BCUT2D eigenvalue weighted by atomic mass is 10.0. The molecule has 4 heterocycles. The van der Waals surface area contributed by atoms with E-state index in [2.05, 4.69) is 26.0 Å². The number of nitrogens with zero attached hydrogens (tertiary/aromatic N) is 4. The molecule has 3 aromatic rings. The number of alkyl halides is 2. The number of hydrogen-bond donors (Lipinski definition) is 3. The Bertz CT molecular complexity index is 1380. The number of carbonyl (C=O) groups excluding carboxylic acids is 3. The molecule has 36 heavy (non-hydrogen) atoms. The Labute approximate surface area is 201 Å². The second-order valence-electron chi connectivity index (χ2n) is 8.55. The highest BCUT2D eigenvalue weighted by Gasteiger charge is 2.51. The summed E-state index contributed by atoms with van der Waals surface area (Å²) in [6.07, 6.45) is -0.146. The van der Waals surface area contributed by atoms with E-state index < -0.39 is 54.9 Å². The lowest BCUT2D eigenvalue weighted by Gasteiger charge is -2.24. The van der Waals surface area contributed by atoms with Crippen molar-refractivity contribution in [3.05, 3.63) is 53.7 Å². The van der Waals surface area contributed by atoms with E-state index in [9.17, 15) is 27.6 Å². The number of nitrogens with one attached hydrogen (secondary N) is 3. The van der Waals surface area contributed by atoms with Crippen LogP contribution in [0.15, 0.2) is 36.7 Å². The minimum Gasteiger partial charge on any atom is -0.438 e. The van der Waals surface area contributed by atoms with Crippen LogP contribution in [0.5, 0.6) is 0 Å². The standard InChI is InChI=1S/C22H20F3N7O4/c1-11-2-3-14(13(23)6-11)28-21(35)36-17-9-31(10-22(17,24)25)16-7-15(30-32-5-4-26-18(16)32)12-8-27-20(34)29-19(12)33/h2-7,12,17H,8-10H2,1H3,(H,28,35)(H2,27,29,33,34)/t12?,17-/m0/s1. The van der Waals surface area contributed by atoms with Crippen LogP contribution in [0.2, 0.25) is 0 Å². The first-order chi connectivity index (χ1) is 17.1. The zero-order valence-corrected chi connectivity index (χ0v) is 18.8. The molecule has 0 aliphatic carbocycles. The largest absolute Gasteiger partial charge is 0.438 e. The summed E-state index contributed by atoms with van der Waals surface area (Å²) >= 11 is 0. The fraction of sp³-hybridized carbons (Fsp3) is 0.318. The molecule has 2 aliphatic heterocycles. The number of benzene rings is 1. The van der Waals surface area contributed by atoms with Gasteiger partial charge < -0.3 is 15.0 Å². The average molecular weight is 503 g/mol. The molecule has 2 aliphatic rings. The van der Waals surface area contributed by atoms with Crippen molar-refractivity contribution in [1.29, 1.82) is 0 Å². The maximum absolute atomic E-state index is 14.9. The van der Waals surface area contributed by atoms with Crippen molar-refractivity contribution in [1.82, 2.24) is 25.2 Å². The number of halogens is 3. The number of ether oxygens (including phenoxy) is 1. The second kappa shape index (κ2) is 8.70. The summed E-state index contributed by atoms with van der Waals surface area (Å²) in [7, 11) is 0.